The quantitative estimate of drug-likeness (QED) is 0.645. The summed E-state index contributed by atoms with van der Waals surface area (Å²) in [7, 11) is 3.52. The van der Waals surface area contributed by atoms with Gasteiger partial charge in [0.2, 0.25) is 0 Å². The van der Waals surface area contributed by atoms with E-state index < -0.39 is 0 Å². The van der Waals surface area contributed by atoms with Crippen molar-refractivity contribution < 1.29 is 9.47 Å². The summed E-state index contributed by atoms with van der Waals surface area (Å²) in [6, 6.07) is 5.58. The summed E-state index contributed by atoms with van der Waals surface area (Å²) < 4.78 is 12.4. The highest BCUT2D eigenvalue weighted by Gasteiger charge is 2.08. The Bertz CT molecular complexity index is 523. The van der Waals surface area contributed by atoms with Gasteiger partial charge >= 0.3 is 0 Å². The summed E-state index contributed by atoms with van der Waals surface area (Å²) in [5, 5.41) is 4.16. The number of nitrogens with zero attached hydrogens (tertiary/aromatic N) is 2. The second-order valence-electron chi connectivity index (χ2n) is 4.00. The second kappa shape index (κ2) is 5.55. The minimum atomic E-state index is 0.508. The Morgan fingerprint density at radius 2 is 2.17 bits per heavy atom. The molecule has 0 saturated heterocycles. The third-order valence-corrected chi connectivity index (χ3v) is 2.56. The number of anilines is 1. The molecule has 2 rings (SSSR count). The van der Waals surface area contributed by atoms with Gasteiger partial charge in [0.1, 0.15) is 12.4 Å². The van der Waals surface area contributed by atoms with Crippen LogP contribution in [0.4, 0.5) is 5.69 Å². The second-order valence-corrected chi connectivity index (χ2v) is 4.00. The third kappa shape index (κ3) is 2.81. The van der Waals surface area contributed by atoms with E-state index in [1.165, 1.54) is 0 Å². The van der Waals surface area contributed by atoms with Crippen molar-refractivity contribution in [1.29, 1.82) is 0 Å². The van der Waals surface area contributed by atoms with Crippen LogP contribution in [0, 0.1) is 0 Å². The summed E-state index contributed by atoms with van der Waals surface area (Å²) in [6.45, 7) is 1.06. The Morgan fingerprint density at radius 3 is 2.83 bits per heavy atom. The Hall–Kier alpha value is -2.01. The number of methoxy groups -OCH3 is 1. The fourth-order valence-corrected chi connectivity index (χ4v) is 1.69. The Kier molecular flexibility index (Phi) is 3.84. The van der Waals surface area contributed by atoms with Crippen LogP contribution in [0.1, 0.15) is 0 Å². The van der Waals surface area contributed by atoms with Crippen LogP contribution >= 0.6 is 0 Å². The van der Waals surface area contributed by atoms with E-state index in [4.69, 9.17) is 15.2 Å². The predicted molar refractivity (Wildman–Crippen MR) is 70.4 cm³/mol. The molecular formula is C13H17N3O2. The van der Waals surface area contributed by atoms with Gasteiger partial charge < -0.3 is 15.2 Å². The molecule has 2 aromatic rings. The standard InChI is InChI=1S/C13H17N3O2/c1-16-9-10(8-15-16)12-7-11(14)3-4-13(12)18-6-5-17-2/h3-4,7-9H,5-6,14H2,1-2H3. The van der Waals surface area contributed by atoms with E-state index in [2.05, 4.69) is 5.10 Å². The average Bonchev–Trinajstić information content (AvgIpc) is 2.78. The molecule has 1 heterocycles. The van der Waals surface area contributed by atoms with Crippen LogP contribution in [0.2, 0.25) is 0 Å². The maximum absolute atomic E-state index is 5.82. The van der Waals surface area contributed by atoms with Crippen molar-refractivity contribution in [3.05, 3.63) is 30.6 Å². The van der Waals surface area contributed by atoms with Crippen LogP contribution < -0.4 is 10.5 Å². The lowest BCUT2D eigenvalue weighted by molar-refractivity contribution is 0.146. The van der Waals surface area contributed by atoms with Crippen molar-refractivity contribution in [2.45, 2.75) is 0 Å². The molecule has 18 heavy (non-hydrogen) atoms. The van der Waals surface area contributed by atoms with Crippen LogP contribution in [-0.4, -0.2) is 30.1 Å². The number of aromatic nitrogens is 2. The fourth-order valence-electron chi connectivity index (χ4n) is 1.69. The number of hydrogen-bond donors (Lipinski definition) is 1. The minimum absolute atomic E-state index is 0.508. The van der Waals surface area contributed by atoms with Gasteiger partial charge in [0.25, 0.3) is 0 Å². The number of nitrogen functional groups attached to an aromatic ring is 1. The molecule has 1 aromatic heterocycles. The molecule has 5 nitrogen and oxygen atoms in total. The van der Waals surface area contributed by atoms with Crippen molar-refractivity contribution in [2.75, 3.05) is 26.1 Å². The molecule has 0 fully saturated rings. The fraction of sp³-hybridized carbons (Fsp3) is 0.308. The van der Waals surface area contributed by atoms with E-state index in [1.54, 1.807) is 18.0 Å². The molecule has 0 aliphatic carbocycles. The molecule has 0 bridgehead atoms. The molecule has 5 heteroatoms. The van der Waals surface area contributed by atoms with Gasteiger partial charge in [0.05, 0.1) is 12.8 Å². The molecule has 0 unspecified atom stereocenters. The number of rotatable bonds is 5. The number of nitrogens with two attached hydrogens (primary N) is 1. The number of hydrogen-bond acceptors (Lipinski definition) is 4. The Balaban J connectivity index is 2.29. The molecular weight excluding hydrogens is 230 g/mol. The molecule has 96 valence electrons. The van der Waals surface area contributed by atoms with Gasteiger partial charge in [-0.25, -0.2) is 0 Å². The van der Waals surface area contributed by atoms with E-state index >= 15 is 0 Å². The van der Waals surface area contributed by atoms with E-state index in [-0.39, 0.29) is 0 Å². The van der Waals surface area contributed by atoms with Gasteiger partial charge in [-0.05, 0) is 18.2 Å². The zero-order valence-electron chi connectivity index (χ0n) is 10.6. The van der Waals surface area contributed by atoms with Crippen LogP contribution in [0.15, 0.2) is 30.6 Å². The van der Waals surface area contributed by atoms with Crippen molar-refractivity contribution in [3.63, 3.8) is 0 Å². The van der Waals surface area contributed by atoms with Crippen LogP contribution in [-0.2, 0) is 11.8 Å². The van der Waals surface area contributed by atoms with Crippen LogP contribution in [0.3, 0.4) is 0 Å². The lowest BCUT2D eigenvalue weighted by Crippen LogP contribution is -2.05. The molecule has 0 atom stereocenters. The summed E-state index contributed by atoms with van der Waals surface area (Å²) in [6.07, 6.45) is 3.72. The maximum Gasteiger partial charge on any atom is 0.127 e. The molecule has 0 spiro atoms. The van der Waals surface area contributed by atoms with Crippen molar-refractivity contribution in [3.8, 4) is 16.9 Å². The van der Waals surface area contributed by atoms with Crippen LogP contribution in [0.5, 0.6) is 5.75 Å². The maximum atomic E-state index is 5.82. The molecule has 2 N–H and O–H groups in total. The minimum Gasteiger partial charge on any atom is -0.491 e. The van der Waals surface area contributed by atoms with Gasteiger partial charge in [-0.3, -0.25) is 4.68 Å². The summed E-state index contributed by atoms with van der Waals surface area (Å²) in [5.41, 5.74) is 8.45. The topological polar surface area (TPSA) is 62.3 Å². The van der Waals surface area contributed by atoms with Gasteiger partial charge in [-0.2, -0.15) is 5.10 Å². The largest absolute Gasteiger partial charge is 0.491 e. The molecule has 1 aromatic carbocycles. The third-order valence-electron chi connectivity index (χ3n) is 2.56. The molecule has 0 amide bonds. The van der Waals surface area contributed by atoms with E-state index in [0.717, 1.165) is 16.9 Å². The lowest BCUT2D eigenvalue weighted by atomic mass is 10.1. The monoisotopic (exact) mass is 247 g/mol. The van der Waals surface area contributed by atoms with E-state index in [0.29, 0.717) is 18.9 Å². The summed E-state index contributed by atoms with van der Waals surface area (Å²) in [5.74, 6) is 0.786. The van der Waals surface area contributed by atoms with Crippen molar-refractivity contribution in [1.82, 2.24) is 9.78 Å². The number of aryl methyl sites for hydroxylation is 1. The smallest absolute Gasteiger partial charge is 0.127 e. The van der Waals surface area contributed by atoms with E-state index in [9.17, 15) is 0 Å². The molecule has 0 aliphatic rings. The summed E-state index contributed by atoms with van der Waals surface area (Å²) in [4.78, 5) is 0. The van der Waals surface area contributed by atoms with Gasteiger partial charge in [0, 0.05) is 37.2 Å². The lowest BCUT2D eigenvalue weighted by Gasteiger charge is -2.10. The number of benzene rings is 1. The first-order valence-corrected chi connectivity index (χ1v) is 5.71. The first-order valence-electron chi connectivity index (χ1n) is 5.71. The van der Waals surface area contributed by atoms with Crippen molar-refractivity contribution in [2.24, 2.45) is 7.05 Å². The highest BCUT2D eigenvalue weighted by Crippen LogP contribution is 2.31. The highest BCUT2D eigenvalue weighted by molar-refractivity contribution is 5.72. The van der Waals surface area contributed by atoms with Crippen LogP contribution in [0.25, 0.3) is 11.1 Å². The highest BCUT2D eigenvalue weighted by atomic mass is 16.5. The molecule has 0 saturated carbocycles. The summed E-state index contributed by atoms with van der Waals surface area (Å²) >= 11 is 0. The first-order chi connectivity index (χ1) is 8.70. The Morgan fingerprint density at radius 1 is 1.33 bits per heavy atom. The predicted octanol–water partition coefficient (Wildman–Crippen LogP) is 1.69. The first kappa shape index (κ1) is 12.4. The number of ether oxygens (including phenoxy) is 2. The SMILES string of the molecule is COCCOc1ccc(N)cc1-c1cnn(C)c1. The van der Waals surface area contributed by atoms with Gasteiger partial charge in [-0.1, -0.05) is 0 Å². The van der Waals surface area contributed by atoms with Gasteiger partial charge in [0.15, 0.2) is 0 Å². The molecule has 0 aliphatic heterocycles. The average molecular weight is 247 g/mol. The Labute approximate surface area is 106 Å². The molecule has 0 radical (unpaired) electrons. The van der Waals surface area contributed by atoms with E-state index in [1.807, 2.05) is 31.4 Å². The normalized spacial score (nSPS) is 10.6. The zero-order valence-corrected chi connectivity index (χ0v) is 10.6. The van der Waals surface area contributed by atoms with Gasteiger partial charge in [-0.15, -0.1) is 0 Å². The zero-order chi connectivity index (χ0) is 13.0. The van der Waals surface area contributed by atoms with Crippen molar-refractivity contribution >= 4 is 5.69 Å².